The Morgan fingerprint density at radius 1 is 1.19 bits per heavy atom. The Balaban J connectivity index is 2.82. The van der Waals surface area contributed by atoms with E-state index < -0.39 is 33.4 Å². The lowest BCUT2D eigenvalue weighted by atomic mass is 10.0. The molecule has 1 amide bonds. The third kappa shape index (κ3) is 4.93. The summed E-state index contributed by atoms with van der Waals surface area (Å²) < 4.78 is 36.8. The topological polar surface area (TPSA) is 80.3 Å². The van der Waals surface area contributed by atoms with E-state index in [2.05, 4.69) is 5.32 Å². The number of carbonyl (C=O) groups is 2. The molecule has 0 aliphatic heterocycles. The van der Waals surface area contributed by atoms with Crippen molar-refractivity contribution in [2.75, 3.05) is 5.75 Å². The highest BCUT2D eigenvalue weighted by Gasteiger charge is 2.24. The smallest absolute Gasteiger partial charge is 0.236 e. The first-order valence-electron chi connectivity index (χ1n) is 6.41. The van der Waals surface area contributed by atoms with Gasteiger partial charge in [-0.05, 0) is 37.1 Å². The Kier molecular flexibility index (Phi) is 5.60. The molecule has 0 aliphatic carbocycles. The highest BCUT2D eigenvalue weighted by Crippen LogP contribution is 2.12. The Morgan fingerprint density at radius 2 is 1.71 bits per heavy atom. The number of halogens is 1. The summed E-state index contributed by atoms with van der Waals surface area (Å²) in [4.78, 5) is 23.1. The summed E-state index contributed by atoms with van der Waals surface area (Å²) in [7, 11) is -3.86. The first-order chi connectivity index (χ1) is 9.63. The van der Waals surface area contributed by atoms with Gasteiger partial charge in [0.15, 0.2) is 15.6 Å². The van der Waals surface area contributed by atoms with E-state index >= 15 is 0 Å². The number of hydrogen-bond acceptors (Lipinski definition) is 4. The van der Waals surface area contributed by atoms with Crippen LogP contribution in [-0.4, -0.2) is 31.9 Å². The van der Waals surface area contributed by atoms with E-state index in [4.69, 9.17) is 0 Å². The molecule has 7 heteroatoms. The molecule has 1 aromatic carbocycles. The maximum absolute atomic E-state index is 12.8. The molecule has 1 rings (SSSR count). The van der Waals surface area contributed by atoms with Crippen molar-refractivity contribution < 1.29 is 22.4 Å². The highest BCUT2D eigenvalue weighted by molar-refractivity contribution is 7.92. The quantitative estimate of drug-likeness (QED) is 0.803. The molecule has 0 saturated carbocycles. The number of benzene rings is 1. The molecule has 0 aliphatic rings. The third-order valence-corrected chi connectivity index (χ3v) is 4.55. The molecule has 0 radical (unpaired) electrons. The van der Waals surface area contributed by atoms with Crippen molar-refractivity contribution in [1.82, 2.24) is 5.32 Å². The molecule has 1 aromatic rings. The zero-order chi connectivity index (χ0) is 16.2. The summed E-state index contributed by atoms with van der Waals surface area (Å²) in [6, 6.07) is 3.50. The summed E-state index contributed by atoms with van der Waals surface area (Å²) in [6.45, 7) is 4.83. The van der Waals surface area contributed by atoms with Crippen molar-refractivity contribution in [1.29, 1.82) is 0 Å². The minimum atomic E-state index is -3.86. The number of hydrogen-bond donors (Lipinski definition) is 1. The molecule has 1 N–H and O–H groups in total. The fourth-order valence-electron chi connectivity index (χ4n) is 1.85. The predicted octanol–water partition coefficient (Wildman–Crippen LogP) is 1.33. The Hall–Kier alpha value is -1.76. The maximum atomic E-state index is 12.8. The van der Waals surface area contributed by atoms with Crippen LogP contribution in [-0.2, 0) is 19.4 Å². The van der Waals surface area contributed by atoms with Gasteiger partial charge in [-0.2, -0.15) is 0 Å². The minimum Gasteiger partial charge on any atom is -0.345 e. The number of sulfone groups is 1. The van der Waals surface area contributed by atoms with E-state index in [0.717, 1.165) is 24.3 Å². The number of ketones is 1. The molecule has 0 aromatic heterocycles. The molecule has 0 spiro atoms. The standard InChI is InChI=1S/C14H18FNO4S/c1-9(2)14(10(3)17)16-13(18)8-21(19,20)12-6-4-11(15)5-7-12/h4-7,9,14H,8H2,1-3H3,(H,16,18). The molecule has 116 valence electrons. The number of nitrogens with one attached hydrogen (secondary N) is 1. The number of carbonyl (C=O) groups excluding carboxylic acids is 2. The summed E-state index contributed by atoms with van der Waals surface area (Å²) in [5.41, 5.74) is 0. The van der Waals surface area contributed by atoms with Gasteiger partial charge in [0.1, 0.15) is 11.6 Å². The molecule has 1 unspecified atom stereocenters. The van der Waals surface area contributed by atoms with Gasteiger partial charge in [-0.25, -0.2) is 12.8 Å². The van der Waals surface area contributed by atoms with Crippen LogP contribution in [0.3, 0.4) is 0 Å². The van der Waals surface area contributed by atoms with Gasteiger partial charge in [0.05, 0.1) is 10.9 Å². The lowest BCUT2D eigenvalue weighted by Crippen LogP contribution is -2.45. The van der Waals surface area contributed by atoms with Crippen LogP contribution < -0.4 is 5.32 Å². The lowest BCUT2D eigenvalue weighted by Gasteiger charge is -2.19. The minimum absolute atomic E-state index is 0.136. The van der Waals surface area contributed by atoms with Crippen LogP contribution in [0.15, 0.2) is 29.2 Å². The van der Waals surface area contributed by atoms with Gasteiger partial charge in [-0.15, -0.1) is 0 Å². The largest absolute Gasteiger partial charge is 0.345 e. The van der Waals surface area contributed by atoms with Gasteiger partial charge in [0.25, 0.3) is 0 Å². The molecule has 0 saturated heterocycles. The van der Waals surface area contributed by atoms with Gasteiger partial charge in [0, 0.05) is 0 Å². The van der Waals surface area contributed by atoms with Crippen molar-refractivity contribution in [2.24, 2.45) is 5.92 Å². The fourth-order valence-corrected chi connectivity index (χ4v) is 3.00. The van der Waals surface area contributed by atoms with E-state index in [1.54, 1.807) is 13.8 Å². The van der Waals surface area contributed by atoms with E-state index in [1.807, 2.05) is 0 Å². The summed E-state index contributed by atoms with van der Waals surface area (Å²) in [6.07, 6.45) is 0. The van der Waals surface area contributed by atoms with Crippen LogP contribution >= 0.6 is 0 Å². The van der Waals surface area contributed by atoms with E-state index in [1.165, 1.54) is 6.92 Å². The molecule has 5 nitrogen and oxygen atoms in total. The lowest BCUT2D eigenvalue weighted by molar-refractivity contribution is -0.126. The second-order valence-corrected chi connectivity index (χ2v) is 7.10. The van der Waals surface area contributed by atoms with Gasteiger partial charge < -0.3 is 5.32 Å². The number of Topliss-reactive ketones (excluding diaryl/α,β-unsaturated/α-hetero) is 1. The van der Waals surface area contributed by atoms with Crippen LogP contribution in [0.2, 0.25) is 0 Å². The Bertz CT molecular complexity index is 623. The van der Waals surface area contributed by atoms with Crippen molar-refractivity contribution in [2.45, 2.75) is 31.7 Å². The maximum Gasteiger partial charge on any atom is 0.236 e. The number of amides is 1. The van der Waals surface area contributed by atoms with E-state index in [-0.39, 0.29) is 16.6 Å². The van der Waals surface area contributed by atoms with Crippen molar-refractivity contribution >= 4 is 21.5 Å². The van der Waals surface area contributed by atoms with Gasteiger partial charge in [-0.1, -0.05) is 13.8 Å². The van der Waals surface area contributed by atoms with E-state index in [0.29, 0.717) is 0 Å². The third-order valence-electron chi connectivity index (χ3n) is 2.91. The van der Waals surface area contributed by atoms with Crippen LogP contribution in [0.25, 0.3) is 0 Å². The Labute approximate surface area is 123 Å². The molecule has 0 fully saturated rings. The first-order valence-corrected chi connectivity index (χ1v) is 8.07. The summed E-state index contributed by atoms with van der Waals surface area (Å²) >= 11 is 0. The van der Waals surface area contributed by atoms with Crippen LogP contribution in [0, 0.1) is 11.7 Å². The normalized spacial score (nSPS) is 13.0. The number of rotatable bonds is 6. The average Bonchev–Trinajstić information content (AvgIpc) is 2.35. The van der Waals surface area contributed by atoms with Crippen LogP contribution in [0.1, 0.15) is 20.8 Å². The molecular formula is C14H18FNO4S. The van der Waals surface area contributed by atoms with Crippen LogP contribution in [0.5, 0.6) is 0 Å². The van der Waals surface area contributed by atoms with Crippen LogP contribution in [0.4, 0.5) is 4.39 Å². The molecular weight excluding hydrogens is 297 g/mol. The van der Waals surface area contributed by atoms with Crippen molar-refractivity contribution in [3.05, 3.63) is 30.1 Å². The second-order valence-electron chi connectivity index (χ2n) is 5.11. The highest BCUT2D eigenvalue weighted by atomic mass is 32.2. The van der Waals surface area contributed by atoms with E-state index in [9.17, 15) is 22.4 Å². The fraction of sp³-hybridized carbons (Fsp3) is 0.429. The zero-order valence-corrected chi connectivity index (χ0v) is 12.9. The zero-order valence-electron chi connectivity index (χ0n) is 12.1. The second kappa shape index (κ2) is 6.80. The summed E-state index contributed by atoms with van der Waals surface area (Å²) in [5.74, 6) is -2.48. The SMILES string of the molecule is CC(=O)C(NC(=O)CS(=O)(=O)c1ccc(F)cc1)C(C)C. The first kappa shape index (κ1) is 17.3. The molecule has 0 bridgehead atoms. The molecule has 1 atom stereocenters. The molecule has 21 heavy (non-hydrogen) atoms. The monoisotopic (exact) mass is 315 g/mol. The molecule has 0 heterocycles. The Morgan fingerprint density at radius 3 is 2.14 bits per heavy atom. The summed E-state index contributed by atoms with van der Waals surface area (Å²) in [5, 5.41) is 2.41. The van der Waals surface area contributed by atoms with Gasteiger partial charge >= 0.3 is 0 Å². The van der Waals surface area contributed by atoms with Gasteiger partial charge in [0.2, 0.25) is 5.91 Å². The average molecular weight is 315 g/mol. The van der Waals surface area contributed by atoms with Crippen molar-refractivity contribution in [3.8, 4) is 0 Å². The van der Waals surface area contributed by atoms with Gasteiger partial charge in [-0.3, -0.25) is 9.59 Å². The predicted molar refractivity (Wildman–Crippen MR) is 75.9 cm³/mol. The van der Waals surface area contributed by atoms with Crippen molar-refractivity contribution in [3.63, 3.8) is 0 Å².